The number of benzene rings is 1. The molecule has 9 heteroatoms. The van der Waals surface area contributed by atoms with E-state index >= 15 is 0 Å². The highest BCUT2D eigenvalue weighted by Gasteiger charge is 2.29. The molecule has 124 valence electrons. The van der Waals surface area contributed by atoms with Crippen molar-refractivity contribution in [1.29, 1.82) is 0 Å². The molecule has 0 amide bonds. The number of nitrogens with one attached hydrogen (secondary N) is 1. The van der Waals surface area contributed by atoms with Crippen LogP contribution in [0, 0.1) is 0 Å². The number of nitrogens with zero attached hydrogens (tertiary/aromatic N) is 1. The zero-order chi connectivity index (χ0) is 16.7. The van der Waals surface area contributed by atoms with Crippen LogP contribution in [0.1, 0.15) is 11.1 Å². The van der Waals surface area contributed by atoms with Crippen molar-refractivity contribution >= 4 is 37.1 Å². The number of thiophene rings is 1. The Morgan fingerprint density at radius 3 is 2.57 bits per heavy atom. The number of hydrogen-bond acceptors (Lipinski definition) is 5. The molecule has 0 aliphatic carbocycles. The summed E-state index contributed by atoms with van der Waals surface area (Å²) in [6.07, 6.45) is 1.69. The molecule has 0 saturated carbocycles. The van der Waals surface area contributed by atoms with E-state index in [0.717, 1.165) is 17.4 Å². The molecule has 1 aliphatic heterocycles. The van der Waals surface area contributed by atoms with Gasteiger partial charge in [0, 0.05) is 18.8 Å². The Kier molecular flexibility index (Phi) is 4.21. The zero-order valence-corrected chi connectivity index (χ0v) is 14.8. The Hall–Kier alpha value is -1.42. The van der Waals surface area contributed by atoms with Crippen molar-refractivity contribution in [3.8, 4) is 0 Å². The number of anilines is 1. The summed E-state index contributed by atoms with van der Waals surface area (Å²) in [6.45, 7) is 0.668. The van der Waals surface area contributed by atoms with Gasteiger partial charge in [-0.1, -0.05) is 12.1 Å². The van der Waals surface area contributed by atoms with E-state index in [1.165, 1.54) is 15.6 Å². The van der Waals surface area contributed by atoms with Crippen molar-refractivity contribution < 1.29 is 16.8 Å². The summed E-state index contributed by atoms with van der Waals surface area (Å²) in [5.41, 5.74) is 2.31. The maximum Gasteiger partial charge on any atom is 0.252 e. The van der Waals surface area contributed by atoms with Crippen LogP contribution in [0.15, 0.2) is 39.9 Å². The Morgan fingerprint density at radius 2 is 1.91 bits per heavy atom. The summed E-state index contributed by atoms with van der Waals surface area (Å²) >= 11 is 1.19. The normalized spacial score (nSPS) is 16.0. The van der Waals surface area contributed by atoms with Gasteiger partial charge in [0.2, 0.25) is 10.0 Å². The Morgan fingerprint density at radius 1 is 1.13 bits per heavy atom. The van der Waals surface area contributed by atoms with Gasteiger partial charge in [-0.15, -0.1) is 11.3 Å². The van der Waals surface area contributed by atoms with Crippen molar-refractivity contribution in [2.75, 3.05) is 17.5 Å². The largest absolute Gasteiger partial charge is 0.284 e. The highest BCUT2D eigenvalue weighted by molar-refractivity contribution is 7.92. The first kappa shape index (κ1) is 16.4. The molecular weight excluding hydrogens is 356 g/mol. The standard InChI is InChI=1S/C14H16N2O4S3/c1-22(17,18)15-13-5-4-11-6-7-16(10-12(11)9-13)23(19,20)14-3-2-8-21-14/h2-5,8-9,15H,6-7,10H2,1H3. The molecule has 0 fully saturated rings. The van der Waals surface area contributed by atoms with E-state index in [1.807, 2.05) is 6.07 Å². The minimum absolute atomic E-state index is 0.245. The average Bonchev–Trinajstić information content (AvgIpc) is 2.99. The molecule has 2 heterocycles. The van der Waals surface area contributed by atoms with Gasteiger partial charge < -0.3 is 0 Å². The van der Waals surface area contributed by atoms with E-state index in [2.05, 4.69) is 4.72 Å². The van der Waals surface area contributed by atoms with E-state index in [1.54, 1.807) is 29.6 Å². The van der Waals surface area contributed by atoms with Crippen LogP contribution >= 0.6 is 11.3 Å². The van der Waals surface area contributed by atoms with Gasteiger partial charge in [-0.2, -0.15) is 4.31 Å². The third kappa shape index (κ3) is 3.57. The number of rotatable bonds is 4. The lowest BCUT2D eigenvalue weighted by Gasteiger charge is -2.28. The molecule has 2 aromatic rings. The second-order valence-corrected chi connectivity index (χ2v) is 10.2. The maximum absolute atomic E-state index is 12.6. The summed E-state index contributed by atoms with van der Waals surface area (Å²) in [5, 5.41) is 1.74. The Bertz CT molecular complexity index is 919. The minimum atomic E-state index is -3.50. The van der Waals surface area contributed by atoms with Crippen molar-refractivity contribution in [2.45, 2.75) is 17.2 Å². The molecule has 1 aliphatic rings. The van der Waals surface area contributed by atoms with Crippen molar-refractivity contribution in [1.82, 2.24) is 4.31 Å². The van der Waals surface area contributed by atoms with Crippen molar-refractivity contribution in [3.63, 3.8) is 0 Å². The summed E-state index contributed by atoms with van der Waals surface area (Å²) in [7, 11) is -6.86. The lowest BCUT2D eigenvalue weighted by Crippen LogP contribution is -2.35. The van der Waals surface area contributed by atoms with Crippen LogP contribution in [-0.2, 0) is 33.0 Å². The molecule has 1 aromatic heterocycles. The monoisotopic (exact) mass is 372 g/mol. The fraction of sp³-hybridized carbons (Fsp3) is 0.286. The van der Waals surface area contributed by atoms with Gasteiger partial charge in [-0.25, -0.2) is 16.8 Å². The molecule has 0 unspecified atom stereocenters. The maximum atomic E-state index is 12.6. The molecule has 6 nitrogen and oxygen atoms in total. The van der Waals surface area contributed by atoms with Crippen LogP contribution in [0.2, 0.25) is 0 Å². The Balaban J connectivity index is 1.89. The summed E-state index contributed by atoms with van der Waals surface area (Å²) in [4.78, 5) is 0. The van der Waals surface area contributed by atoms with Crippen molar-refractivity contribution in [3.05, 3.63) is 46.8 Å². The molecule has 23 heavy (non-hydrogen) atoms. The highest BCUT2D eigenvalue weighted by Crippen LogP contribution is 2.28. The highest BCUT2D eigenvalue weighted by atomic mass is 32.2. The molecule has 3 rings (SSSR count). The lowest BCUT2D eigenvalue weighted by atomic mass is 10.0. The quantitative estimate of drug-likeness (QED) is 0.888. The number of fused-ring (bicyclic) bond motifs is 1. The van der Waals surface area contributed by atoms with Gasteiger partial charge in [0.25, 0.3) is 10.0 Å². The number of hydrogen-bond donors (Lipinski definition) is 1. The van der Waals surface area contributed by atoms with Gasteiger partial charge in [-0.3, -0.25) is 4.72 Å². The minimum Gasteiger partial charge on any atom is -0.284 e. The van der Waals surface area contributed by atoms with E-state index in [0.29, 0.717) is 22.9 Å². The van der Waals surface area contributed by atoms with Crippen molar-refractivity contribution in [2.24, 2.45) is 0 Å². The molecule has 0 radical (unpaired) electrons. The van der Waals surface area contributed by atoms with Crippen LogP contribution in [0.3, 0.4) is 0 Å². The second kappa shape index (κ2) is 5.90. The van der Waals surface area contributed by atoms with Gasteiger partial charge in [-0.05, 0) is 41.1 Å². The van der Waals surface area contributed by atoms with Crippen LogP contribution in [0.4, 0.5) is 5.69 Å². The third-order valence-electron chi connectivity index (χ3n) is 3.58. The van der Waals surface area contributed by atoms with Gasteiger partial charge in [0.05, 0.1) is 6.26 Å². The first-order valence-electron chi connectivity index (χ1n) is 6.89. The smallest absolute Gasteiger partial charge is 0.252 e. The summed E-state index contributed by atoms with van der Waals surface area (Å²) in [5.74, 6) is 0. The van der Waals surface area contributed by atoms with Gasteiger partial charge in [0.15, 0.2) is 0 Å². The second-order valence-electron chi connectivity index (χ2n) is 5.38. The number of sulfonamides is 2. The van der Waals surface area contributed by atoms with E-state index < -0.39 is 20.0 Å². The predicted molar refractivity (Wildman–Crippen MR) is 90.5 cm³/mol. The average molecular weight is 372 g/mol. The van der Waals surface area contributed by atoms with E-state index in [9.17, 15) is 16.8 Å². The van der Waals surface area contributed by atoms with Crippen LogP contribution < -0.4 is 4.72 Å². The SMILES string of the molecule is CS(=O)(=O)Nc1ccc2c(c1)CN(S(=O)(=O)c1cccs1)CC2. The summed E-state index contributed by atoms with van der Waals surface area (Å²) in [6, 6.07) is 8.55. The molecule has 1 aromatic carbocycles. The fourth-order valence-electron chi connectivity index (χ4n) is 2.55. The molecular formula is C14H16N2O4S3. The van der Waals surface area contributed by atoms with Crippen LogP contribution in [0.25, 0.3) is 0 Å². The van der Waals surface area contributed by atoms with Crippen LogP contribution in [0.5, 0.6) is 0 Å². The van der Waals surface area contributed by atoms with Gasteiger partial charge in [0.1, 0.15) is 4.21 Å². The molecule has 0 saturated heterocycles. The first-order chi connectivity index (χ1) is 10.8. The third-order valence-corrected chi connectivity index (χ3v) is 7.40. The zero-order valence-electron chi connectivity index (χ0n) is 12.4. The molecule has 0 atom stereocenters. The summed E-state index contributed by atoms with van der Waals surface area (Å²) < 4.78 is 52.0. The molecule has 0 bridgehead atoms. The topological polar surface area (TPSA) is 83.6 Å². The fourth-order valence-corrected chi connectivity index (χ4v) is 5.67. The molecule has 1 N–H and O–H groups in total. The van der Waals surface area contributed by atoms with E-state index in [4.69, 9.17) is 0 Å². The predicted octanol–water partition coefficient (Wildman–Crippen LogP) is 1.87. The lowest BCUT2D eigenvalue weighted by molar-refractivity contribution is 0.392. The molecule has 0 spiro atoms. The first-order valence-corrected chi connectivity index (χ1v) is 11.1. The van der Waals surface area contributed by atoms with E-state index in [-0.39, 0.29) is 6.54 Å². The van der Waals surface area contributed by atoms with Crippen LogP contribution in [-0.4, -0.2) is 33.9 Å². The van der Waals surface area contributed by atoms with Gasteiger partial charge >= 0.3 is 0 Å². The Labute approximate surface area is 139 Å².